The predicted octanol–water partition coefficient (Wildman–Crippen LogP) is 5.58. The van der Waals surface area contributed by atoms with Gasteiger partial charge in [-0.15, -0.1) is 0 Å². The number of aryl methyl sites for hydroxylation is 2. The minimum Gasteiger partial charge on any atom is -1.00 e. The molecule has 0 atom stereocenters. The van der Waals surface area contributed by atoms with E-state index in [1.54, 1.807) is 0 Å². The molecule has 0 saturated carbocycles. The third-order valence-electron chi connectivity index (χ3n) is 6.05. The normalized spacial score (nSPS) is 10.8. The Labute approximate surface area is 189 Å². The third-order valence-corrected chi connectivity index (χ3v) is 6.05. The number of rotatable bonds is 20. The van der Waals surface area contributed by atoms with Crippen LogP contribution in [0.25, 0.3) is 0 Å². The Bertz CT molecular complexity index is 388. The van der Waals surface area contributed by atoms with Gasteiger partial charge in [0.1, 0.15) is 6.54 Å². The number of unbranched alkanes of at least 4 members (excludes halogenated alkanes) is 16. The van der Waals surface area contributed by atoms with Crippen molar-refractivity contribution in [2.75, 3.05) is 0 Å². The zero-order valence-corrected chi connectivity index (χ0v) is 20.5. The average Bonchev–Trinajstić information content (AvgIpc) is 2.72. The van der Waals surface area contributed by atoms with Crippen LogP contribution in [0.3, 0.4) is 0 Å². The number of pyridine rings is 1. The van der Waals surface area contributed by atoms with Gasteiger partial charge < -0.3 is 12.4 Å². The molecule has 1 aromatic rings. The fraction of sp³-hybridized carbons (Fsp3) is 0.815. The summed E-state index contributed by atoms with van der Waals surface area (Å²) in [7, 11) is 0. The smallest absolute Gasteiger partial charge is 0.169 e. The van der Waals surface area contributed by atoms with Gasteiger partial charge in [-0.05, 0) is 24.8 Å². The van der Waals surface area contributed by atoms with Crippen LogP contribution >= 0.6 is 0 Å². The Morgan fingerprint density at radius 3 is 1.34 bits per heavy atom. The first-order valence-corrected chi connectivity index (χ1v) is 12.8. The minimum atomic E-state index is 0. The van der Waals surface area contributed by atoms with E-state index in [-0.39, 0.29) is 12.4 Å². The maximum Gasteiger partial charge on any atom is 0.169 e. The van der Waals surface area contributed by atoms with E-state index in [0.29, 0.717) is 0 Å². The molecule has 0 aromatic carbocycles. The molecule has 0 amide bonds. The predicted molar refractivity (Wildman–Crippen MR) is 125 cm³/mol. The van der Waals surface area contributed by atoms with Crippen molar-refractivity contribution in [1.82, 2.24) is 0 Å². The second-order valence-electron chi connectivity index (χ2n) is 8.85. The summed E-state index contributed by atoms with van der Waals surface area (Å²) in [6.07, 6.45) is 31.3. The third kappa shape index (κ3) is 18.0. The summed E-state index contributed by atoms with van der Waals surface area (Å²) in [6.45, 7) is 5.78. The highest BCUT2D eigenvalue weighted by Crippen LogP contribution is 2.12. The van der Waals surface area contributed by atoms with E-state index < -0.39 is 0 Å². The summed E-state index contributed by atoms with van der Waals surface area (Å²) in [5.74, 6) is 0. The molecule has 1 rings (SSSR count). The molecule has 0 unspecified atom stereocenters. The molecule has 0 fully saturated rings. The van der Waals surface area contributed by atoms with Crippen LogP contribution in [0.15, 0.2) is 24.5 Å². The lowest BCUT2D eigenvalue weighted by Crippen LogP contribution is -3.00. The number of hydrogen-bond donors (Lipinski definition) is 0. The Morgan fingerprint density at radius 1 is 0.517 bits per heavy atom. The molecule has 1 heterocycles. The maximum absolute atomic E-state index is 2.38. The van der Waals surface area contributed by atoms with Gasteiger partial charge in [-0.3, -0.25) is 0 Å². The summed E-state index contributed by atoms with van der Waals surface area (Å²) in [6, 6.07) is 4.69. The molecule has 29 heavy (non-hydrogen) atoms. The van der Waals surface area contributed by atoms with Crippen molar-refractivity contribution in [2.45, 2.75) is 142 Å². The van der Waals surface area contributed by atoms with Crippen molar-refractivity contribution in [3.63, 3.8) is 0 Å². The van der Waals surface area contributed by atoms with E-state index in [0.717, 1.165) is 0 Å². The largest absolute Gasteiger partial charge is 1.00 e. The molecule has 0 spiro atoms. The van der Waals surface area contributed by atoms with Crippen molar-refractivity contribution in [3.05, 3.63) is 30.1 Å². The van der Waals surface area contributed by atoms with Crippen LogP contribution in [-0.2, 0) is 13.0 Å². The van der Waals surface area contributed by atoms with Crippen LogP contribution < -0.4 is 17.0 Å². The number of hydrogen-bond acceptors (Lipinski definition) is 0. The van der Waals surface area contributed by atoms with E-state index in [4.69, 9.17) is 0 Å². The van der Waals surface area contributed by atoms with Gasteiger partial charge in [0.05, 0.1) is 0 Å². The van der Waals surface area contributed by atoms with Crippen molar-refractivity contribution in [3.8, 4) is 0 Å². The lowest BCUT2D eigenvalue weighted by molar-refractivity contribution is -0.697. The monoisotopic (exact) mass is 423 g/mol. The number of aromatic nitrogens is 1. The molecule has 0 aliphatic heterocycles. The van der Waals surface area contributed by atoms with Gasteiger partial charge in [-0.1, -0.05) is 110 Å². The molecule has 170 valence electrons. The first kappa shape index (κ1) is 28.4. The zero-order chi connectivity index (χ0) is 20.1. The minimum absolute atomic E-state index is 0. The van der Waals surface area contributed by atoms with Gasteiger partial charge in [0.25, 0.3) is 0 Å². The molecule has 1 nitrogen and oxygen atoms in total. The van der Waals surface area contributed by atoms with E-state index in [1.807, 2.05) is 0 Å². The van der Waals surface area contributed by atoms with Gasteiger partial charge in [-0.2, -0.15) is 0 Å². The van der Waals surface area contributed by atoms with E-state index in [2.05, 4.69) is 42.9 Å². The maximum atomic E-state index is 2.38. The summed E-state index contributed by atoms with van der Waals surface area (Å²) in [5, 5.41) is 0. The summed E-state index contributed by atoms with van der Waals surface area (Å²) in [4.78, 5) is 0. The second-order valence-corrected chi connectivity index (χ2v) is 8.85. The molecule has 2 heteroatoms. The summed E-state index contributed by atoms with van der Waals surface area (Å²) >= 11 is 0. The average molecular weight is 424 g/mol. The fourth-order valence-corrected chi connectivity index (χ4v) is 4.05. The van der Waals surface area contributed by atoms with E-state index in [1.165, 1.54) is 134 Å². The topological polar surface area (TPSA) is 3.88 Å². The standard InChI is InChI=1S/C27H50N.ClH/c1-3-5-7-9-11-13-15-17-19-21-27-22-25-28(26-23-27)24-20-18-16-14-12-10-8-6-4-2;/h22-23,25-26H,3-21,24H2,1-2H3;1H/q+1;/p-1. The Hall–Kier alpha value is -0.560. The molecule has 0 aliphatic rings. The highest BCUT2D eigenvalue weighted by molar-refractivity contribution is 5.07. The van der Waals surface area contributed by atoms with Crippen molar-refractivity contribution < 1.29 is 17.0 Å². The van der Waals surface area contributed by atoms with Crippen LogP contribution in [0, 0.1) is 0 Å². The molecule has 0 radical (unpaired) electrons. The molecule has 0 N–H and O–H groups in total. The molecule has 1 aromatic heterocycles. The Morgan fingerprint density at radius 2 is 0.897 bits per heavy atom. The second kappa shape index (κ2) is 22.1. The van der Waals surface area contributed by atoms with Crippen LogP contribution in [0.4, 0.5) is 0 Å². The van der Waals surface area contributed by atoms with E-state index in [9.17, 15) is 0 Å². The molecule has 0 bridgehead atoms. The van der Waals surface area contributed by atoms with Crippen LogP contribution in [0.5, 0.6) is 0 Å². The Kier molecular flexibility index (Phi) is 21.7. The van der Waals surface area contributed by atoms with Gasteiger partial charge >= 0.3 is 0 Å². The van der Waals surface area contributed by atoms with Gasteiger partial charge in [0, 0.05) is 18.6 Å². The molecule has 0 saturated heterocycles. The SMILES string of the molecule is CCCCCCCCCCCc1cc[n+](CCCCCCCCCCC)cc1.[Cl-]. The highest BCUT2D eigenvalue weighted by Gasteiger charge is 2.02. The van der Waals surface area contributed by atoms with Crippen LogP contribution in [0.2, 0.25) is 0 Å². The van der Waals surface area contributed by atoms with Gasteiger partial charge in [0.15, 0.2) is 12.4 Å². The van der Waals surface area contributed by atoms with Gasteiger partial charge in [-0.25, -0.2) is 4.57 Å². The molecule has 0 aliphatic carbocycles. The van der Waals surface area contributed by atoms with Crippen molar-refractivity contribution in [2.24, 2.45) is 0 Å². The first-order chi connectivity index (χ1) is 13.9. The van der Waals surface area contributed by atoms with Gasteiger partial charge in [0.2, 0.25) is 0 Å². The van der Waals surface area contributed by atoms with E-state index >= 15 is 0 Å². The Balaban J connectivity index is 0.00000784. The lowest BCUT2D eigenvalue weighted by atomic mass is 10.0. The van der Waals surface area contributed by atoms with Crippen LogP contribution in [0.1, 0.15) is 135 Å². The first-order valence-electron chi connectivity index (χ1n) is 12.8. The molecular formula is C27H50ClN. The van der Waals surface area contributed by atoms with Crippen LogP contribution in [-0.4, -0.2) is 0 Å². The number of halogens is 1. The number of nitrogens with zero attached hydrogens (tertiary/aromatic N) is 1. The highest BCUT2D eigenvalue weighted by atomic mass is 35.5. The summed E-state index contributed by atoms with van der Waals surface area (Å²) < 4.78 is 2.38. The fourth-order valence-electron chi connectivity index (χ4n) is 4.05. The summed E-state index contributed by atoms with van der Waals surface area (Å²) in [5.41, 5.74) is 1.52. The zero-order valence-electron chi connectivity index (χ0n) is 19.8. The van der Waals surface area contributed by atoms with Crippen molar-refractivity contribution >= 4 is 0 Å². The quantitative estimate of drug-likeness (QED) is 0.190. The lowest BCUT2D eigenvalue weighted by Gasteiger charge is -2.03. The molecular weight excluding hydrogens is 374 g/mol. The van der Waals surface area contributed by atoms with Crippen molar-refractivity contribution in [1.29, 1.82) is 0 Å².